The minimum Gasteiger partial charge on any atom is -0.352 e. The van der Waals surface area contributed by atoms with Crippen molar-refractivity contribution in [3.8, 4) is 0 Å². The number of fused-ring (bicyclic) bond motifs is 1. The first-order valence-corrected chi connectivity index (χ1v) is 9.70. The molecule has 0 aromatic carbocycles. The first kappa shape index (κ1) is 17.3. The Morgan fingerprint density at radius 1 is 1.15 bits per heavy atom. The van der Waals surface area contributed by atoms with E-state index >= 15 is 0 Å². The number of anilines is 1. The summed E-state index contributed by atoms with van der Waals surface area (Å²) in [6, 6.07) is 4.52. The maximum absolute atomic E-state index is 13.0. The number of imidazole rings is 1. The molecule has 140 valence electrons. The zero-order chi connectivity index (χ0) is 18.1. The summed E-state index contributed by atoms with van der Waals surface area (Å²) < 4.78 is 1.80. The van der Waals surface area contributed by atoms with Gasteiger partial charge in [-0.2, -0.15) is 0 Å². The van der Waals surface area contributed by atoms with Crippen molar-refractivity contribution in [2.75, 3.05) is 44.2 Å². The number of piperazine rings is 1. The standard InChI is InChI=1S/C19H28N6O/c1-15(2)24-8-3-4-16(14-24)19(26)23-12-10-22(11-13-23)18-6-5-17-20-7-9-25(17)21-18/h5-7,9,15-16H,3-4,8,10-14H2,1-2H3/t16-/m0/s1. The SMILES string of the molecule is CC(C)N1CCC[C@H](C(=O)N2CCN(c3ccc4nccn4n3)CC2)C1. The third-order valence-electron chi connectivity index (χ3n) is 5.69. The molecule has 4 heterocycles. The van der Waals surface area contributed by atoms with E-state index in [2.05, 4.69) is 38.6 Å². The van der Waals surface area contributed by atoms with Crippen LogP contribution in [0.5, 0.6) is 0 Å². The van der Waals surface area contributed by atoms with E-state index in [4.69, 9.17) is 0 Å². The van der Waals surface area contributed by atoms with Gasteiger partial charge >= 0.3 is 0 Å². The minimum absolute atomic E-state index is 0.165. The predicted octanol–water partition coefficient (Wildman–Crippen LogP) is 1.50. The number of piperidine rings is 1. The van der Waals surface area contributed by atoms with E-state index in [0.29, 0.717) is 11.9 Å². The summed E-state index contributed by atoms with van der Waals surface area (Å²) in [4.78, 5) is 23.9. The molecule has 2 fully saturated rings. The molecule has 7 nitrogen and oxygen atoms in total. The smallest absolute Gasteiger partial charge is 0.227 e. The van der Waals surface area contributed by atoms with Crippen LogP contribution < -0.4 is 4.90 Å². The van der Waals surface area contributed by atoms with Gasteiger partial charge in [-0.1, -0.05) is 0 Å². The van der Waals surface area contributed by atoms with Crippen molar-refractivity contribution < 1.29 is 4.79 Å². The third kappa shape index (κ3) is 3.40. The molecule has 26 heavy (non-hydrogen) atoms. The van der Waals surface area contributed by atoms with E-state index in [-0.39, 0.29) is 5.92 Å². The van der Waals surface area contributed by atoms with E-state index in [1.165, 1.54) is 0 Å². The molecule has 2 aliphatic heterocycles. The molecule has 0 aliphatic carbocycles. The summed E-state index contributed by atoms with van der Waals surface area (Å²) in [5.41, 5.74) is 0.856. The molecular weight excluding hydrogens is 328 g/mol. The zero-order valence-corrected chi connectivity index (χ0v) is 15.7. The average molecular weight is 356 g/mol. The normalized spacial score (nSPS) is 22.3. The summed E-state index contributed by atoms with van der Waals surface area (Å²) >= 11 is 0. The van der Waals surface area contributed by atoms with Crippen molar-refractivity contribution in [2.24, 2.45) is 5.92 Å². The van der Waals surface area contributed by atoms with Crippen LogP contribution in [0.1, 0.15) is 26.7 Å². The van der Waals surface area contributed by atoms with Crippen LogP contribution in [0.15, 0.2) is 24.5 Å². The number of hydrogen-bond donors (Lipinski definition) is 0. The van der Waals surface area contributed by atoms with Gasteiger partial charge in [-0.3, -0.25) is 4.79 Å². The number of hydrogen-bond acceptors (Lipinski definition) is 5. The summed E-state index contributed by atoms with van der Waals surface area (Å²) in [6.45, 7) is 9.69. The van der Waals surface area contributed by atoms with Gasteiger partial charge in [-0.15, -0.1) is 5.10 Å². The Hall–Kier alpha value is -2.15. The lowest BCUT2D eigenvalue weighted by Gasteiger charge is -2.40. The van der Waals surface area contributed by atoms with Crippen molar-refractivity contribution in [3.63, 3.8) is 0 Å². The molecule has 2 aromatic heterocycles. The Morgan fingerprint density at radius 2 is 1.96 bits per heavy atom. The predicted molar refractivity (Wildman–Crippen MR) is 101 cm³/mol. The molecule has 2 aromatic rings. The van der Waals surface area contributed by atoms with Gasteiger partial charge in [0.05, 0.1) is 5.92 Å². The molecule has 1 amide bonds. The molecule has 0 saturated carbocycles. The van der Waals surface area contributed by atoms with Gasteiger partial charge in [0, 0.05) is 51.2 Å². The van der Waals surface area contributed by atoms with E-state index in [1.807, 2.05) is 18.3 Å². The molecule has 0 spiro atoms. The third-order valence-corrected chi connectivity index (χ3v) is 5.69. The second-order valence-electron chi connectivity index (χ2n) is 7.66. The fourth-order valence-corrected chi connectivity index (χ4v) is 4.06. The average Bonchev–Trinajstić information content (AvgIpc) is 3.15. The number of carbonyl (C=O) groups excluding carboxylic acids is 1. The minimum atomic E-state index is 0.165. The number of likely N-dealkylation sites (tertiary alicyclic amines) is 1. The lowest BCUT2D eigenvalue weighted by molar-refractivity contribution is -0.137. The summed E-state index contributed by atoms with van der Waals surface area (Å²) in [6.07, 6.45) is 5.78. The number of amides is 1. The fourth-order valence-electron chi connectivity index (χ4n) is 4.06. The quantitative estimate of drug-likeness (QED) is 0.834. The zero-order valence-electron chi connectivity index (χ0n) is 15.7. The van der Waals surface area contributed by atoms with Crippen molar-refractivity contribution in [3.05, 3.63) is 24.5 Å². The molecule has 1 atom stereocenters. The number of carbonyl (C=O) groups is 1. The maximum atomic E-state index is 13.0. The van der Waals surface area contributed by atoms with Crippen LogP contribution in [0.25, 0.3) is 5.65 Å². The first-order chi connectivity index (χ1) is 12.6. The van der Waals surface area contributed by atoms with Gasteiger partial charge in [0.1, 0.15) is 5.82 Å². The number of rotatable bonds is 3. The Kier molecular flexibility index (Phi) is 4.80. The van der Waals surface area contributed by atoms with Crippen LogP contribution in [0.2, 0.25) is 0 Å². The van der Waals surface area contributed by atoms with Crippen molar-refractivity contribution in [2.45, 2.75) is 32.7 Å². The number of aromatic nitrogens is 3. The second-order valence-corrected chi connectivity index (χ2v) is 7.66. The van der Waals surface area contributed by atoms with E-state index in [1.54, 1.807) is 10.7 Å². The van der Waals surface area contributed by atoms with E-state index in [0.717, 1.165) is 63.6 Å². The van der Waals surface area contributed by atoms with Gasteiger partial charge in [0.2, 0.25) is 5.91 Å². The van der Waals surface area contributed by atoms with Crippen molar-refractivity contribution >= 4 is 17.4 Å². The van der Waals surface area contributed by atoms with Crippen molar-refractivity contribution in [1.82, 2.24) is 24.4 Å². The van der Waals surface area contributed by atoms with Crippen LogP contribution >= 0.6 is 0 Å². The van der Waals surface area contributed by atoms with E-state index in [9.17, 15) is 4.79 Å². The monoisotopic (exact) mass is 356 g/mol. The highest BCUT2D eigenvalue weighted by molar-refractivity contribution is 5.79. The molecule has 7 heteroatoms. The van der Waals surface area contributed by atoms with Gasteiger partial charge < -0.3 is 14.7 Å². The summed E-state index contributed by atoms with van der Waals surface area (Å²) in [5, 5.41) is 4.62. The second kappa shape index (κ2) is 7.23. The summed E-state index contributed by atoms with van der Waals surface area (Å²) in [5.74, 6) is 1.46. The van der Waals surface area contributed by atoms with Crippen molar-refractivity contribution in [1.29, 1.82) is 0 Å². The molecular formula is C19H28N6O. The molecule has 0 bridgehead atoms. The Balaban J connectivity index is 1.36. The first-order valence-electron chi connectivity index (χ1n) is 9.70. The van der Waals surface area contributed by atoms with Gasteiger partial charge in [-0.05, 0) is 45.4 Å². The number of nitrogens with zero attached hydrogens (tertiary/aromatic N) is 6. The van der Waals surface area contributed by atoms with Gasteiger partial charge in [0.15, 0.2) is 5.65 Å². The maximum Gasteiger partial charge on any atom is 0.227 e. The van der Waals surface area contributed by atoms with Gasteiger partial charge in [0.25, 0.3) is 0 Å². The fraction of sp³-hybridized carbons (Fsp3) is 0.632. The molecule has 2 saturated heterocycles. The highest BCUT2D eigenvalue weighted by Gasteiger charge is 2.31. The molecule has 4 rings (SSSR count). The van der Waals surface area contributed by atoms with E-state index < -0.39 is 0 Å². The Bertz CT molecular complexity index is 764. The highest BCUT2D eigenvalue weighted by atomic mass is 16.2. The molecule has 0 unspecified atom stereocenters. The van der Waals surface area contributed by atoms with Crippen LogP contribution in [-0.4, -0.2) is 75.6 Å². The molecule has 0 N–H and O–H groups in total. The van der Waals surface area contributed by atoms with Gasteiger partial charge in [-0.25, -0.2) is 9.50 Å². The lowest BCUT2D eigenvalue weighted by Crippen LogP contribution is -2.53. The molecule has 0 radical (unpaired) electrons. The Labute approximate surface area is 154 Å². The summed E-state index contributed by atoms with van der Waals surface area (Å²) in [7, 11) is 0. The van der Waals surface area contributed by atoms with Crippen LogP contribution in [-0.2, 0) is 4.79 Å². The largest absolute Gasteiger partial charge is 0.352 e. The molecule has 2 aliphatic rings. The van der Waals surface area contributed by atoms with Crippen LogP contribution in [0.3, 0.4) is 0 Å². The topological polar surface area (TPSA) is 57.0 Å². The highest BCUT2D eigenvalue weighted by Crippen LogP contribution is 2.22. The lowest BCUT2D eigenvalue weighted by atomic mass is 9.95. The Morgan fingerprint density at radius 3 is 2.73 bits per heavy atom. The van der Waals surface area contributed by atoms with Crippen LogP contribution in [0.4, 0.5) is 5.82 Å². The van der Waals surface area contributed by atoms with Crippen LogP contribution in [0, 0.1) is 5.92 Å².